The lowest BCUT2D eigenvalue weighted by molar-refractivity contribution is -0.117. The van der Waals surface area contributed by atoms with E-state index in [9.17, 15) is 4.79 Å². The van der Waals surface area contributed by atoms with Gasteiger partial charge in [-0.05, 0) is 37.5 Å². The van der Waals surface area contributed by atoms with Crippen LogP contribution in [-0.4, -0.2) is 22.1 Å². The van der Waals surface area contributed by atoms with Crippen LogP contribution in [0.1, 0.15) is 30.8 Å². The first-order chi connectivity index (χ1) is 10.5. The first-order valence-corrected chi connectivity index (χ1v) is 8.39. The van der Waals surface area contributed by atoms with E-state index in [2.05, 4.69) is 20.8 Å². The largest absolute Gasteiger partial charge is 0.373 e. The lowest BCUT2D eigenvalue weighted by Crippen LogP contribution is -2.34. The summed E-state index contributed by atoms with van der Waals surface area (Å²) in [5.41, 5.74) is 1.79. The van der Waals surface area contributed by atoms with Gasteiger partial charge in [0.15, 0.2) is 0 Å². The number of halogens is 1. The van der Waals surface area contributed by atoms with Crippen LogP contribution in [0.15, 0.2) is 18.2 Å². The number of aromatic nitrogens is 2. The number of aryl methyl sites for hydroxylation is 1. The van der Waals surface area contributed by atoms with Gasteiger partial charge in [-0.25, -0.2) is 0 Å². The van der Waals surface area contributed by atoms with Gasteiger partial charge in [0.05, 0.1) is 0 Å². The lowest BCUT2D eigenvalue weighted by Gasteiger charge is -2.19. The number of nitrogens with zero attached hydrogens (tertiary/aromatic N) is 2. The van der Waals surface area contributed by atoms with Crippen molar-refractivity contribution in [3.05, 3.63) is 33.8 Å². The summed E-state index contributed by atoms with van der Waals surface area (Å²) >= 11 is 7.51. The zero-order valence-corrected chi connectivity index (χ0v) is 14.4. The predicted molar refractivity (Wildman–Crippen MR) is 91.8 cm³/mol. The molecule has 2 N–H and O–H groups in total. The van der Waals surface area contributed by atoms with Gasteiger partial charge in [0.1, 0.15) is 11.0 Å². The second-order valence-electron chi connectivity index (χ2n) is 4.86. The Morgan fingerprint density at radius 1 is 1.36 bits per heavy atom. The molecule has 0 bridgehead atoms. The van der Waals surface area contributed by atoms with Gasteiger partial charge in [0.25, 0.3) is 0 Å². The highest BCUT2D eigenvalue weighted by Crippen LogP contribution is 2.24. The summed E-state index contributed by atoms with van der Waals surface area (Å²) in [6.45, 7) is 5.88. The zero-order chi connectivity index (χ0) is 16.1. The number of hydrogen-bond donors (Lipinski definition) is 2. The molecule has 0 unspecified atom stereocenters. The molecule has 0 saturated heterocycles. The lowest BCUT2D eigenvalue weighted by atomic mass is 10.1. The first-order valence-electron chi connectivity index (χ1n) is 7.20. The van der Waals surface area contributed by atoms with Gasteiger partial charge in [-0.15, -0.1) is 10.2 Å². The molecule has 1 atom stereocenters. The number of hydrogen-bond acceptors (Lipinski definition) is 5. The van der Waals surface area contributed by atoms with Crippen molar-refractivity contribution >= 4 is 39.7 Å². The van der Waals surface area contributed by atoms with Gasteiger partial charge in [-0.2, -0.15) is 0 Å². The minimum atomic E-state index is -0.355. The molecule has 5 nitrogen and oxygen atoms in total. The molecule has 0 fully saturated rings. The van der Waals surface area contributed by atoms with Gasteiger partial charge >= 0.3 is 0 Å². The van der Waals surface area contributed by atoms with E-state index in [1.54, 1.807) is 0 Å². The maximum Gasteiger partial charge on any atom is 0.248 e. The summed E-state index contributed by atoms with van der Waals surface area (Å²) in [6.07, 6.45) is 1.46. The van der Waals surface area contributed by atoms with Gasteiger partial charge in [0.2, 0.25) is 11.0 Å². The molecule has 118 valence electrons. The van der Waals surface area contributed by atoms with Crippen molar-refractivity contribution in [3.63, 3.8) is 0 Å². The summed E-state index contributed by atoms with van der Waals surface area (Å²) in [4.78, 5) is 12.4. The first kappa shape index (κ1) is 16.7. The van der Waals surface area contributed by atoms with Gasteiger partial charge in [-0.1, -0.05) is 42.9 Å². The maximum atomic E-state index is 12.4. The van der Waals surface area contributed by atoms with E-state index in [0.29, 0.717) is 16.6 Å². The molecule has 2 rings (SSSR count). The van der Waals surface area contributed by atoms with Crippen molar-refractivity contribution in [3.8, 4) is 0 Å². The molecule has 0 aliphatic carbocycles. The standard InChI is InChI=1S/C15H19ClN4OS/c1-4-11(17-12-8-6-7-10(16)9(12)3)14(21)18-15-20-19-13(5-2)22-15/h6-8,11,17H,4-5H2,1-3H3,(H,18,20,21)/t11-/m1/s1. The Bertz CT molecular complexity index is 659. The minimum Gasteiger partial charge on any atom is -0.373 e. The molecule has 1 aromatic carbocycles. The number of nitrogens with one attached hydrogen (secondary N) is 2. The Morgan fingerprint density at radius 3 is 2.77 bits per heavy atom. The Balaban J connectivity index is 2.07. The Morgan fingerprint density at radius 2 is 2.14 bits per heavy atom. The number of amides is 1. The molecular weight excluding hydrogens is 320 g/mol. The van der Waals surface area contributed by atoms with E-state index < -0.39 is 0 Å². The summed E-state index contributed by atoms with van der Waals surface area (Å²) in [7, 11) is 0. The highest BCUT2D eigenvalue weighted by Gasteiger charge is 2.19. The van der Waals surface area contributed by atoms with Crippen LogP contribution in [0, 0.1) is 6.92 Å². The molecule has 0 saturated carbocycles. The molecule has 0 aliphatic heterocycles. The summed E-state index contributed by atoms with van der Waals surface area (Å²) in [5, 5.41) is 16.1. The number of carbonyl (C=O) groups excluding carboxylic acids is 1. The fourth-order valence-electron chi connectivity index (χ4n) is 1.94. The Kier molecular flexibility index (Phi) is 5.74. The molecule has 1 heterocycles. The molecule has 0 spiro atoms. The molecule has 7 heteroatoms. The van der Waals surface area contributed by atoms with E-state index in [4.69, 9.17) is 11.6 Å². The summed E-state index contributed by atoms with van der Waals surface area (Å²) in [6, 6.07) is 5.25. The van der Waals surface area contributed by atoms with E-state index in [1.165, 1.54) is 11.3 Å². The monoisotopic (exact) mass is 338 g/mol. The number of carbonyl (C=O) groups is 1. The third-order valence-corrected chi connectivity index (χ3v) is 4.71. The van der Waals surface area contributed by atoms with Crippen LogP contribution in [-0.2, 0) is 11.2 Å². The molecule has 0 radical (unpaired) electrons. The quantitative estimate of drug-likeness (QED) is 0.838. The van der Waals surface area contributed by atoms with Gasteiger partial charge in [0, 0.05) is 10.7 Å². The number of rotatable bonds is 6. The minimum absolute atomic E-state index is 0.124. The molecule has 1 amide bonds. The van der Waals surface area contributed by atoms with Crippen LogP contribution in [0.25, 0.3) is 0 Å². The fraction of sp³-hybridized carbons (Fsp3) is 0.400. The molecule has 2 aromatic rings. The predicted octanol–water partition coefficient (Wildman–Crippen LogP) is 3.89. The molecule has 22 heavy (non-hydrogen) atoms. The Labute approximate surface area is 139 Å². The van der Waals surface area contributed by atoms with Crippen LogP contribution in [0.2, 0.25) is 5.02 Å². The number of anilines is 2. The average Bonchev–Trinajstić information content (AvgIpc) is 2.96. The summed E-state index contributed by atoms with van der Waals surface area (Å²) < 4.78 is 0. The van der Waals surface area contributed by atoms with Crippen molar-refractivity contribution in [2.75, 3.05) is 10.6 Å². The van der Waals surface area contributed by atoms with Crippen LogP contribution in [0.3, 0.4) is 0 Å². The highest BCUT2D eigenvalue weighted by molar-refractivity contribution is 7.15. The zero-order valence-electron chi connectivity index (χ0n) is 12.8. The van der Waals surface area contributed by atoms with Gasteiger partial charge < -0.3 is 5.32 Å². The van der Waals surface area contributed by atoms with E-state index in [1.807, 2.05) is 39.0 Å². The van der Waals surface area contributed by atoms with Crippen molar-refractivity contribution in [2.45, 2.75) is 39.7 Å². The SMILES string of the molecule is CCc1nnc(NC(=O)[C@@H](CC)Nc2cccc(Cl)c2C)s1. The Hall–Kier alpha value is -1.66. The maximum absolute atomic E-state index is 12.4. The number of benzene rings is 1. The van der Waals surface area contributed by atoms with Crippen LogP contribution in [0.5, 0.6) is 0 Å². The second-order valence-corrected chi connectivity index (χ2v) is 6.33. The van der Waals surface area contributed by atoms with Crippen LogP contribution >= 0.6 is 22.9 Å². The van der Waals surface area contributed by atoms with Gasteiger partial charge in [-0.3, -0.25) is 10.1 Å². The van der Waals surface area contributed by atoms with Crippen LogP contribution < -0.4 is 10.6 Å². The van der Waals surface area contributed by atoms with Crippen molar-refractivity contribution < 1.29 is 4.79 Å². The van der Waals surface area contributed by atoms with E-state index >= 15 is 0 Å². The van der Waals surface area contributed by atoms with E-state index in [0.717, 1.165) is 22.7 Å². The second kappa shape index (κ2) is 7.56. The average molecular weight is 339 g/mol. The fourth-order valence-corrected chi connectivity index (χ4v) is 2.80. The summed E-state index contributed by atoms with van der Waals surface area (Å²) in [5.74, 6) is -0.124. The third-order valence-electron chi connectivity index (χ3n) is 3.32. The van der Waals surface area contributed by atoms with E-state index in [-0.39, 0.29) is 11.9 Å². The topological polar surface area (TPSA) is 66.9 Å². The van der Waals surface area contributed by atoms with Crippen molar-refractivity contribution in [2.24, 2.45) is 0 Å². The molecular formula is C15H19ClN4OS. The van der Waals surface area contributed by atoms with Crippen molar-refractivity contribution in [1.82, 2.24) is 10.2 Å². The highest BCUT2D eigenvalue weighted by atomic mass is 35.5. The normalized spacial score (nSPS) is 12.0. The molecule has 1 aromatic heterocycles. The third kappa shape index (κ3) is 3.96. The van der Waals surface area contributed by atoms with Crippen LogP contribution in [0.4, 0.5) is 10.8 Å². The molecule has 0 aliphatic rings. The smallest absolute Gasteiger partial charge is 0.248 e. The van der Waals surface area contributed by atoms with Crippen molar-refractivity contribution in [1.29, 1.82) is 0 Å².